The Balaban J connectivity index is 2.32. The van der Waals surface area contributed by atoms with Gasteiger partial charge in [0.15, 0.2) is 6.61 Å². The normalized spacial score (nSPS) is 16.9. The van der Waals surface area contributed by atoms with Crippen LogP contribution in [0.4, 0.5) is 13.2 Å². The molecule has 0 aliphatic carbocycles. The van der Waals surface area contributed by atoms with Gasteiger partial charge in [0.05, 0.1) is 6.21 Å². The minimum absolute atomic E-state index is 0.122. The fourth-order valence-electron chi connectivity index (χ4n) is 0.517. The second-order valence-electron chi connectivity index (χ2n) is 2.05. The largest absolute Gasteiger partial charge is 0.414 e. The highest BCUT2D eigenvalue weighted by atomic mass is 35.5. The van der Waals surface area contributed by atoms with Gasteiger partial charge < -0.3 is 0 Å². The van der Waals surface area contributed by atoms with Gasteiger partial charge in [-0.2, -0.15) is 13.2 Å². The zero-order chi connectivity index (χ0) is 9.90. The molecule has 1 aliphatic rings. The van der Waals surface area contributed by atoms with Gasteiger partial charge in [-0.05, 0) is 6.08 Å². The van der Waals surface area contributed by atoms with E-state index in [1.165, 1.54) is 12.3 Å². The Morgan fingerprint density at radius 3 is 2.85 bits per heavy atom. The van der Waals surface area contributed by atoms with Crippen LogP contribution in [0.1, 0.15) is 0 Å². The fraction of sp³-hybridized carbons (Fsp3) is 0.400. The predicted molar refractivity (Wildman–Crippen MR) is 39.4 cm³/mol. The molecular weight excluding hydrogens is 211 g/mol. The second kappa shape index (κ2) is 3.84. The highest BCUT2D eigenvalue weighted by Crippen LogP contribution is 2.15. The van der Waals surface area contributed by atoms with E-state index in [1.54, 1.807) is 0 Å². The zero-order valence-electron chi connectivity index (χ0n) is 6.18. The number of hydrazine groups is 1. The van der Waals surface area contributed by atoms with Gasteiger partial charge in [0.1, 0.15) is 5.16 Å². The van der Waals surface area contributed by atoms with Gasteiger partial charge in [-0.15, -0.1) is 5.10 Å². The van der Waals surface area contributed by atoms with Gasteiger partial charge in [0, 0.05) is 0 Å². The smallest absolute Gasteiger partial charge is 0.246 e. The summed E-state index contributed by atoms with van der Waals surface area (Å²) in [5, 5.41) is 4.06. The van der Waals surface area contributed by atoms with Crippen LogP contribution in [0.2, 0.25) is 0 Å². The number of hydrazone groups is 1. The first-order valence-corrected chi connectivity index (χ1v) is 3.51. The average Bonchev–Trinajstić information content (AvgIpc) is 2.00. The first-order chi connectivity index (χ1) is 5.97. The molecule has 0 spiro atoms. The third kappa shape index (κ3) is 4.00. The molecule has 0 fully saturated rings. The van der Waals surface area contributed by atoms with Crippen LogP contribution in [0.15, 0.2) is 16.3 Å². The summed E-state index contributed by atoms with van der Waals surface area (Å²) in [7, 11) is 0. The lowest BCUT2D eigenvalue weighted by Crippen LogP contribution is -2.36. The van der Waals surface area contributed by atoms with Crippen LogP contribution < -0.4 is 5.43 Å². The number of rotatable bonds is 2. The summed E-state index contributed by atoms with van der Waals surface area (Å²) in [5.74, 6) is 0. The number of hydrogen-bond acceptors (Lipinski definition) is 4. The molecule has 0 atom stereocenters. The lowest BCUT2D eigenvalue weighted by molar-refractivity contribution is -0.267. The van der Waals surface area contributed by atoms with Crippen LogP contribution in [-0.4, -0.2) is 24.3 Å². The zero-order valence-corrected chi connectivity index (χ0v) is 6.93. The summed E-state index contributed by atoms with van der Waals surface area (Å²) in [6.45, 7) is -1.43. The fourth-order valence-corrected chi connectivity index (χ4v) is 0.645. The minimum atomic E-state index is -4.40. The van der Waals surface area contributed by atoms with Crippen molar-refractivity contribution >= 4 is 17.8 Å². The molecule has 0 radical (unpaired) electrons. The molecule has 0 amide bonds. The molecule has 0 saturated carbocycles. The van der Waals surface area contributed by atoms with Crippen molar-refractivity contribution < 1.29 is 18.0 Å². The van der Waals surface area contributed by atoms with Crippen LogP contribution in [0.3, 0.4) is 0 Å². The Labute approximate surface area is 76.5 Å². The molecule has 1 rings (SSSR count). The van der Waals surface area contributed by atoms with Crippen molar-refractivity contribution in [1.29, 1.82) is 0 Å². The van der Waals surface area contributed by atoms with Crippen molar-refractivity contribution in [3.8, 4) is 0 Å². The molecule has 4 nitrogen and oxygen atoms in total. The Kier molecular flexibility index (Phi) is 2.99. The third-order valence-electron chi connectivity index (χ3n) is 0.945. The van der Waals surface area contributed by atoms with Crippen molar-refractivity contribution in [2.24, 2.45) is 5.10 Å². The third-order valence-corrected chi connectivity index (χ3v) is 1.16. The number of halogens is 4. The van der Waals surface area contributed by atoms with Crippen LogP contribution in [-0.2, 0) is 4.84 Å². The van der Waals surface area contributed by atoms with E-state index in [-0.39, 0.29) is 5.16 Å². The molecule has 13 heavy (non-hydrogen) atoms. The summed E-state index contributed by atoms with van der Waals surface area (Å²) in [6, 6.07) is 0. The average molecular weight is 216 g/mol. The highest BCUT2D eigenvalue weighted by molar-refractivity contribution is 6.30. The Morgan fingerprint density at radius 2 is 2.31 bits per heavy atom. The summed E-state index contributed by atoms with van der Waals surface area (Å²) in [5.41, 5.74) is 2.23. The number of allylic oxidation sites excluding steroid dienone is 1. The van der Waals surface area contributed by atoms with E-state index in [0.717, 1.165) is 0 Å². The second-order valence-corrected chi connectivity index (χ2v) is 2.46. The first kappa shape index (κ1) is 10.1. The van der Waals surface area contributed by atoms with Crippen LogP contribution >= 0.6 is 11.6 Å². The number of nitrogens with zero attached hydrogens (tertiary/aromatic N) is 2. The quantitative estimate of drug-likeness (QED) is 0.707. The number of alkyl halides is 3. The number of hydrogen-bond donors (Lipinski definition) is 1. The molecular formula is C5H5ClF3N3O. The first-order valence-electron chi connectivity index (χ1n) is 3.13. The minimum Gasteiger partial charge on any atom is -0.246 e. The van der Waals surface area contributed by atoms with Crippen LogP contribution in [0, 0.1) is 0 Å². The maximum absolute atomic E-state index is 11.6. The molecule has 0 aromatic heterocycles. The van der Waals surface area contributed by atoms with Crippen LogP contribution in [0.25, 0.3) is 0 Å². The van der Waals surface area contributed by atoms with E-state index in [0.29, 0.717) is 5.28 Å². The van der Waals surface area contributed by atoms with E-state index in [4.69, 9.17) is 11.6 Å². The van der Waals surface area contributed by atoms with Crippen molar-refractivity contribution in [3.63, 3.8) is 0 Å². The SMILES string of the molecule is FC(F)(F)CON1N=CC=C(Cl)N1. The molecule has 0 aromatic carbocycles. The lowest BCUT2D eigenvalue weighted by atomic mass is 10.6. The van der Waals surface area contributed by atoms with E-state index >= 15 is 0 Å². The molecule has 1 heterocycles. The van der Waals surface area contributed by atoms with Gasteiger partial charge >= 0.3 is 6.18 Å². The Hall–Kier alpha value is -0.950. The molecule has 1 aliphatic heterocycles. The van der Waals surface area contributed by atoms with Crippen LogP contribution in [0.5, 0.6) is 0 Å². The maximum Gasteiger partial charge on any atom is 0.414 e. The van der Waals surface area contributed by atoms with Crippen molar-refractivity contribution in [1.82, 2.24) is 10.7 Å². The van der Waals surface area contributed by atoms with Gasteiger partial charge in [-0.1, -0.05) is 16.9 Å². The predicted octanol–water partition coefficient (Wildman–Crippen LogP) is 1.37. The lowest BCUT2D eigenvalue weighted by Gasteiger charge is -2.21. The molecule has 0 saturated heterocycles. The molecule has 74 valence electrons. The van der Waals surface area contributed by atoms with Crippen molar-refractivity contribution in [2.75, 3.05) is 6.61 Å². The topological polar surface area (TPSA) is 36.9 Å². The van der Waals surface area contributed by atoms with E-state index in [1.807, 2.05) is 0 Å². The molecule has 0 unspecified atom stereocenters. The molecule has 1 N–H and O–H groups in total. The maximum atomic E-state index is 11.6. The van der Waals surface area contributed by atoms with E-state index in [9.17, 15) is 13.2 Å². The summed E-state index contributed by atoms with van der Waals surface area (Å²) < 4.78 is 34.9. The van der Waals surface area contributed by atoms with Gasteiger partial charge in [-0.3, -0.25) is 0 Å². The highest BCUT2D eigenvalue weighted by Gasteiger charge is 2.29. The van der Waals surface area contributed by atoms with Crippen molar-refractivity contribution in [2.45, 2.75) is 6.18 Å². The van der Waals surface area contributed by atoms with Gasteiger partial charge in [0.2, 0.25) is 0 Å². The molecule has 0 aromatic rings. The van der Waals surface area contributed by atoms with Gasteiger partial charge in [-0.25, -0.2) is 10.3 Å². The Bertz CT molecular complexity index is 240. The summed E-state index contributed by atoms with van der Waals surface area (Å²) in [4.78, 5) is 4.19. The molecule has 8 heteroatoms. The van der Waals surface area contributed by atoms with Gasteiger partial charge in [0.25, 0.3) is 0 Å². The summed E-state index contributed by atoms with van der Waals surface area (Å²) >= 11 is 5.42. The monoisotopic (exact) mass is 215 g/mol. The summed E-state index contributed by atoms with van der Waals surface area (Å²) in [6.07, 6.45) is -1.82. The Morgan fingerprint density at radius 1 is 1.62 bits per heavy atom. The standard InChI is InChI=1S/C5H5ClF3N3O/c6-4-1-2-10-12(11-4)13-3-5(7,8)9/h1-2,11H,3H2. The van der Waals surface area contributed by atoms with E-state index < -0.39 is 12.8 Å². The van der Waals surface area contributed by atoms with Crippen molar-refractivity contribution in [3.05, 3.63) is 11.2 Å². The molecule has 0 bridgehead atoms. The van der Waals surface area contributed by atoms with E-state index in [2.05, 4.69) is 15.4 Å². The number of nitrogens with one attached hydrogen (secondary N) is 1.